The van der Waals surface area contributed by atoms with Crippen molar-refractivity contribution in [3.63, 3.8) is 0 Å². The number of carbonyl (C=O) groups is 1. The van der Waals surface area contributed by atoms with Crippen molar-refractivity contribution in [2.75, 3.05) is 25.1 Å². The van der Waals surface area contributed by atoms with Crippen LogP contribution in [0.5, 0.6) is 11.5 Å². The molecule has 0 spiro atoms. The summed E-state index contributed by atoms with van der Waals surface area (Å²) in [5.41, 5.74) is 3.05. The molecule has 172 valence electrons. The summed E-state index contributed by atoms with van der Waals surface area (Å²) in [6.45, 7) is 0.714. The minimum atomic E-state index is -1.01. The lowest BCUT2D eigenvalue weighted by Gasteiger charge is -2.19. The zero-order chi connectivity index (χ0) is 23.7. The third-order valence-electron chi connectivity index (χ3n) is 5.15. The predicted molar refractivity (Wildman–Crippen MR) is 136 cm³/mol. The van der Waals surface area contributed by atoms with Gasteiger partial charge in [-0.15, -0.1) is 0 Å². The first-order valence-electron chi connectivity index (χ1n) is 10.3. The van der Waals surface area contributed by atoms with E-state index in [-0.39, 0.29) is 6.54 Å². The number of benzene rings is 3. The molecule has 0 fully saturated rings. The number of carboxylic acids is 1. The Balaban J connectivity index is 1.47. The van der Waals surface area contributed by atoms with Crippen LogP contribution in [0, 0.1) is 0 Å². The van der Waals surface area contributed by atoms with Gasteiger partial charge in [-0.1, -0.05) is 41.4 Å². The van der Waals surface area contributed by atoms with E-state index in [1.807, 2.05) is 42.5 Å². The number of aliphatic carboxylic acids is 1. The van der Waals surface area contributed by atoms with Gasteiger partial charge in [-0.3, -0.25) is 9.79 Å². The molecule has 0 aliphatic carbocycles. The van der Waals surface area contributed by atoms with Crippen molar-refractivity contribution in [2.24, 2.45) is 4.99 Å². The van der Waals surface area contributed by atoms with Gasteiger partial charge in [0.1, 0.15) is 19.8 Å². The van der Waals surface area contributed by atoms with Crippen LogP contribution in [0.3, 0.4) is 0 Å². The van der Waals surface area contributed by atoms with Crippen molar-refractivity contribution in [3.8, 4) is 22.6 Å². The zero-order valence-electron chi connectivity index (χ0n) is 17.5. The number of nitrogens with zero attached hydrogens (tertiary/aromatic N) is 2. The number of aliphatic imine (C=N–C) groups is 1. The minimum absolute atomic E-state index is 0.330. The van der Waals surface area contributed by atoms with Gasteiger partial charge in [0.2, 0.25) is 0 Å². The van der Waals surface area contributed by atoms with Crippen LogP contribution in [0.2, 0.25) is 10.0 Å². The van der Waals surface area contributed by atoms with E-state index in [4.69, 9.17) is 37.8 Å². The van der Waals surface area contributed by atoms with E-state index >= 15 is 0 Å². The van der Waals surface area contributed by atoms with Crippen LogP contribution in [0.1, 0.15) is 5.56 Å². The lowest BCUT2D eigenvalue weighted by Crippen LogP contribution is -2.15. The largest absolute Gasteiger partial charge is 0.486 e. The summed E-state index contributed by atoms with van der Waals surface area (Å²) in [6.07, 6.45) is 1.45. The van der Waals surface area contributed by atoms with Crippen LogP contribution in [0.4, 0.5) is 11.5 Å². The highest BCUT2D eigenvalue weighted by atomic mass is 35.5. The molecule has 5 rings (SSSR count). The molecule has 0 unspecified atom stereocenters. The Morgan fingerprint density at radius 2 is 1.97 bits per heavy atom. The first kappa shape index (κ1) is 22.5. The summed E-state index contributed by atoms with van der Waals surface area (Å²) in [6, 6.07) is 15.1. The molecule has 0 bridgehead atoms. The third-order valence-corrected chi connectivity index (χ3v) is 6.69. The van der Waals surface area contributed by atoms with Gasteiger partial charge in [0.15, 0.2) is 17.3 Å². The first-order valence-corrected chi connectivity index (χ1v) is 11.8. The first-order chi connectivity index (χ1) is 16.5. The molecular formula is C24H17Cl2N3O4S. The Kier molecular flexibility index (Phi) is 6.28. The Morgan fingerprint density at radius 1 is 1.15 bits per heavy atom. The fraction of sp³-hybridized carbons (Fsp3) is 0.125. The maximum Gasteiger partial charge on any atom is 0.325 e. The fourth-order valence-electron chi connectivity index (χ4n) is 3.58. The van der Waals surface area contributed by atoms with Crippen LogP contribution < -0.4 is 14.8 Å². The summed E-state index contributed by atoms with van der Waals surface area (Å²) in [5.74, 6) is 1.01. The molecule has 0 saturated carbocycles. The minimum Gasteiger partial charge on any atom is -0.486 e. The second-order valence-corrected chi connectivity index (χ2v) is 9.01. The molecule has 4 aromatic rings. The standard InChI is InChI=1S/C24H17Cl2N3O4S/c25-17-10-21-16(8-14(17)11-27-12-22(30)31)24(29-34-21)28-18-3-1-2-15(23(18)26)13-4-5-19-20(9-13)33-7-6-32-19/h1-5,8-11H,6-7,12H2,(H,28,29)(H,30,31). The maximum absolute atomic E-state index is 10.7. The van der Waals surface area contributed by atoms with Crippen molar-refractivity contribution >= 4 is 68.5 Å². The lowest BCUT2D eigenvalue weighted by atomic mass is 10.0. The predicted octanol–water partition coefficient (Wildman–Crippen LogP) is 6.29. The zero-order valence-corrected chi connectivity index (χ0v) is 19.9. The molecule has 2 N–H and O–H groups in total. The molecule has 10 heteroatoms. The SMILES string of the molecule is O=C(O)CN=Cc1cc2c(Nc3cccc(-c4ccc5c(c4)OCCO5)c3Cl)nsc2cc1Cl. The van der Waals surface area contributed by atoms with E-state index in [1.165, 1.54) is 17.7 Å². The summed E-state index contributed by atoms with van der Waals surface area (Å²) in [4.78, 5) is 14.7. The van der Waals surface area contributed by atoms with E-state index in [2.05, 4.69) is 14.7 Å². The Labute approximate surface area is 208 Å². The van der Waals surface area contributed by atoms with Gasteiger partial charge in [-0.25, -0.2) is 0 Å². The number of hydrogen-bond donors (Lipinski definition) is 2. The van der Waals surface area contributed by atoms with E-state index in [1.54, 1.807) is 6.07 Å². The molecule has 34 heavy (non-hydrogen) atoms. The van der Waals surface area contributed by atoms with Crippen molar-refractivity contribution in [3.05, 3.63) is 64.1 Å². The quantitative estimate of drug-likeness (QED) is 0.294. The normalized spacial score (nSPS) is 12.9. The van der Waals surface area contributed by atoms with E-state index < -0.39 is 5.97 Å². The van der Waals surface area contributed by atoms with E-state index in [0.717, 1.165) is 27.0 Å². The van der Waals surface area contributed by atoms with Crippen molar-refractivity contribution in [2.45, 2.75) is 0 Å². The summed E-state index contributed by atoms with van der Waals surface area (Å²) < 4.78 is 16.7. The Morgan fingerprint density at radius 3 is 2.79 bits per heavy atom. The number of rotatable bonds is 6. The molecule has 2 heterocycles. The lowest BCUT2D eigenvalue weighted by molar-refractivity contribution is -0.135. The number of hydrogen-bond acceptors (Lipinski definition) is 7. The van der Waals surface area contributed by atoms with Gasteiger partial charge in [0.25, 0.3) is 0 Å². The summed E-state index contributed by atoms with van der Waals surface area (Å²) in [5, 5.41) is 14.0. The molecule has 7 nitrogen and oxygen atoms in total. The maximum atomic E-state index is 10.7. The van der Waals surface area contributed by atoms with Gasteiger partial charge in [0.05, 0.1) is 20.4 Å². The number of anilines is 2. The van der Waals surface area contributed by atoms with E-state index in [0.29, 0.717) is 46.1 Å². The van der Waals surface area contributed by atoms with Gasteiger partial charge >= 0.3 is 5.97 Å². The average molecular weight is 514 g/mol. The highest BCUT2D eigenvalue weighted by Crippen LogP contribution is 2.41. The van der Waals surface area contributed by atoms with Gasteiger partial charge in [0, 0.05) is 22.7 Å². The second kappa shape index (κ2) is 9.50. The number of carboxylic acid groups (broad SMARTS) is 1. The number of ether oxygens (including phenoxy) is 2. The van der Waals surface area contributed by atoms with Gasteiger partial charge in [-0.2, -0.15) is 4.37 Å². The summed E-state index contributed by atoms with van der Waals surface area (Å²) >= 11 is 14.4. The highest BCUT2D eigenvalue weighted by molar-refractivity contribution is 7.13. The van der Waals surface area contributed by atoms with Crippen LogP contribution in [-0.2, 0) is 4.79 Å². The molecule has 0 atom stereocenters. The Bertz CT molecular complexity index is 1440. The second-order valence-electron chi connectivity index (χ2n) is 7.42. The molecule has 1 aliphatic heterocycles. The topological polar surface area (TPSA) is 93.0 Å². The molecule has 0 amide bonds. The van der Waals surface area contributed by atoms with Gasteiger partial charge in [-0.05, 0) is 47.4 Å². The fourth-order valence-corrected chi connectivity index (χ4v) is 4.90. The highest BCUT2D eigenvalue weighted by Gasteiger charge is 2.16. The van der Waals surface area contributed by atoms with E-state index in [9.17, 15) is 4.79 Å². The molecule has 3 aromatic carbocycles. The smallest absolute Gasteiger partial charge is 0.325 e. The van der Waals surface area contributed by atoms with Crippen LogP contribution in [0.25, 0.3) is 21.2 Å². The molecular weight excluding hydrogens is 497 g/mol. The summed E-state index contributed by atoms with van der Waals surface area (Å²) in [7, 11) is 0. The molecule has 0 radical (unpaired) electrons. The molecule has 1 aromatic heterocycles. The number of fused-ring (bicyclic) bond motifs is 2. The van der Waals surface area contributed by atoms with Gasteiger partial charge < -0.3 is 19.9 Å². The van der Waals surface area contributed by atoms with Crippen LogP contribution >= 0.6 is 34.7 Å². The number of aromatic nitrogens is 1. The average Bonchev–Trinajstić information content (AvgIpc) is 3.21. The number of nitrogens with one attached hydrogen (secondary N) is 1. The molecule has 1 aliphatic rings. The monoisotopic (exact) mass is 513 g/mol. The molecule has 0 saturated heterocycles. The van der Waals surface area contributed by atoms with Crippen LogP contribution in [0.15, 0.2) is 53.5 Å². The van der Waals surface area contributed by atoms with Crippen LogP contribution in [-0.4, -0.2) is 41.4 Å². The Hall–Kier alpha value is -3.33. The number of halogens is 2. The van der Waals surface area contributed by atoms with Crippen molar-refractivity contribution in [1.29, 1.82) is 0 Å². The third kappa shape index (κ3) is 4.52. The van der Waals surface area contributed by atoms with Crippen molar-refractivity contribution < 1.29 is 19.4 Å². The van der Waals surface area contributed by atoms with Crippen molar-refractivity contribution in [1.82, 2.24) is 4.37 Å².